The van der Waals surface area contributed by atoms with Crippen molar-refractivity contribution in [1.29, 1.82) is 0 Å². The van der Waals surface area contributed by atoms with E-state index in [4.69, 9.17) is 11.6 Å². The molecule has 0 atom stereocenters. The SMILES string of the molecule is CCN1c2ccc(Cl)cc2C(c2ccccc2)=C(C(=O)NC2CCCCCC2)S1(=O)=O. The van der Waals surface area contributed by atoms with Gasteiger partial charge >= 0.3 is 0 Å². The van der Waals surface area contributed by atoms with E-state index in [0.717, 1.165) is 38.5 Å². The number of halogens is 1. The second-order valence-corrected chi connectivity index (χ2v) is 10.3. The van der Waals surface area contributed by atoms with Crippen molar-refractivity contribution >= 4 is 38.8 Å². The van der Waals surface area contributed by atoms with E-state index in [2.05, 4.69) is 5.32 Å². The summed E-state index contributed by atoms with van der Waals surface area (Å²) in [6, 6.07) is 14.3. The van der Waals surface area contributed by atoms with Crippen LogP contribution in [0.4, 0.5) is 5.69 Å². The Labute approximate surface area is 189 Å². The molecule has 4 rings (SSSR count). The summed E-state index contributed by atoms with van der Waals surface area (Å²) in [5, 5.41) is 3.53. The van der Waals surface area contributed by atoms with Crippen molar-refractivity contribution in [3.63, 3.8) is 0 Å². The van der Waals surface area contributed by atoms with Gasteiger partial charge < -0.3 is 5.32 Å². The van der Waals surface area contributed by atoms with Crippen LogP contribution in [0.1, 0.15) is 56.6 Å². The van der Waals surface area contributed by atoms with E-state index in [9.17, 15) is 13.2 Å². The van der Waals surface area contributed by atoms with Crippen LogP contribution in [0.25, 0.3) is 5.57 Å². The molecule has 1 heterocycles. The van der Waals surface area contributed by atoms with Crippen molar-refractivity contribution in [1.82, 2.24) is 5.32 Å². The standard InChI is InChI=1S/C24H27ClN2O3S/c1-2-27-21-15-14-18(25)16-20(21)22(17-10-6-5-7-11-17)23(31(27,29)30)24(28)26-19-12-8-3-4-9-13-19/h5-7,10-11,14-16,19H,2-4,8-9,12-13H2,1H3,(H,26,28). The van der Waals surface area contributed by atoms with Crippen molar-refractivity contribution < 1.29 is 13.2 Å². The highest BCUT2D eigenvalue weighted by Crippen LogP contribution is 2.43. The number of nitrogens with zero attached hydrogens (tertiary/aromatic N) is 1. The van der Waals surface area contributed by atoms with Gasteiger partial charge in [0.15, 0.2) is 4.91 Å². The normalized spacial score (nSPS) is 19.0. The Morgan fingerprint density at radius 2 is 1.74 bits per heavy atom. The molecule has 0 bridgehead atoms. The summed E-state index contributed by atoms with van der Waals surface area (Å²) >= 11 is 6.30. The van der Waals surface area contributed by atoms with E-state index in [0.29, 0.717) is 27.4 Å². The Kier molecular flexibility index (Phi) is 6.39. The van der Waals surface area contributed by atoms with E-state index in [1.165, 1.54) is 4.31 Å². The summed E-state index contributed by atoms with van der Waals surface area (Å²) in [5.41, 5.74) is 2.28. The van der Waals surface area contributed by atoms with Crippen LogP contribution in [0, 0.1) is 0 Å². The first-order chi connectivity index (χ1) is 14.9. The van der Waals surface area contributed by atoms with Gasteiger partial charge in [-0.05, 0) is 43.5 Å². The summed E-state index contributed by atoms with van der Waals surface area (Å²) in [6.07, 6.45) is 6.14. The topological polar surface area (TPSA) is 66.5 Å². The lowest BCUT2D eigenvalue weighted by Gasteiger charge is -2.33. The van der Waals surface area contributed by atoms with Crippen molar-refractivity contribution in [2.75, 3.05) is 10.8 Å². The second-order valence-electron chi connectivity index (χ2n) is 8.06. The van der Waals surface area contributed by atoms with Crippen molar-refractivity contribution in [2.24, 2.45) is 0 Å². The van der Waals surface area contributed by atoms with Crippen LogP contribution >= 0.6 is 11.6 Å². The number of sulfonamides is 1. The number of benzene rings is 2. The largest absolute Gasteiger partial charge is 0.349 e. The first-order valence-electron chi connectivity index (χ1n) is 10.9. The second kappa shape index (κ2) is 9.05. The molecule has 164 valence electrons. The molecule has 7 heteroatoms. The third-order valence-electron chi connectivity index (χ3n) is 6.02. The van der Waals surface area contributed by atoms with Gasteiger partial charge in [0.05, 0.1) is 5.69 Å². The number of hydrogen-bond acceptors (Lipinski definition) is 3. The monoisotopic (exact) mass is 458 g/mol. The molecule has 2 aliphatic rings. The molecule has 0 spiro atoms. The predicted octanol–water partition coefficient (Wildman–Crippen LogP) is 5.11. The minimum Gasteiger partial charge on any atom is -0.349 e. The third kappa shape index (κ3) is 4.23. The molecule has 0 radical (unpaired) electrons. The number of amides is 1. The van der Waals surface area contributed by atoms with Crippen LogP contribution in [0.3, 0.4) is 0 Å². The number of carbonyl (C=O) groups is 1. The molecule has 1 amide bonds. The van der Waals surface area contributed by atoms with E-state index in [-0.39, 0.29) is 17.5 Å². The van der Waals surface area contributed by atoms with E-state index in [1.807, 2.05) is 30.3 Å². The zero-order valence-corrected chi connectivity index (χ0v) is 19.2. The molecule has 5 nitrogen and oxygen atoms in total. The summed E-state index contributed by atoms with van der Waals surface area (Å²) < 4.78 is 28.7. The first-order valence-corrected chi connectivity index (χ1v) is 12.7. The minimum absolute atomic E-state index is 0.00874. The third-order valence-corrected chi connectivity index (χ3v) is 8.19. The highest BCUT2D eigenvalue weighted by Gasteiger charge is 2.41. The van der Waals surface area contributed by atoms with Crippen molar-refractivity contribution in [3.05, 3.63) is 69.6 Å². The molecule has 0 unspecified atom stereocenters. The number of anilines is 1. The lowest BCUT2D eigenvalue weighted by Crippen LogP contribution is -2.44. The molecular weight excluding hydrogens is 432 g/mol. The fraction of sp³-hybridized carbons (Fsp3) is 0.375. The molecule has 0 saturated heterocycles. The maximum absolute atomic E-state index is 13.7. The highest BCUT2D eigenvalue weighted by molar-refractivity contribution is 7.97. The number of fused-ring (bicyclic) bond motifs is 1. The smallest absolute Gasteiger partial charge is 0.270 e. The maximum atomic E-state index is 13.7. The van der Waals surface area contributed by atoms with Gasteiger partial charge in [0.1, 0.15) is 0 Å². The Hall–Kier alpha value is -2.31. The van der Waals surface area contributed by atoms with Gasteiger partial charge in [-0.2, -0.15) is 0 Å². The molecular formula is C24H27ClN2O3S. The summed E-state index contributed by atoms with van der Waals surface area (Å²) in [7, 11) is -4.04. The fourth-order valence-corrected chi connectivity index (χ4v) is 6.48. The Morgan fingerprint density at radius 3 is 2.39 bits per heavy atom. The van der Waals surface area contributed by atoms with Gasteiger partial charge in [-0.3, -0.25) is 9.10 Å². The molecule has 1 aliphatic carbocycles. The van der Waals surface area contributed by atoms with Crippen LogP contribution in [0.2, 0.25) is 5.02 Å². The minimum atomic E-state index is -4.04. The van der Waals surface area contributed by atoms with Gasteiger partial charge in [0.2, 0.25) is 0 Å². The van der Waals surface area contributed by atoms with Gasteiger partial charge in [0.25, 0.3) is 15.9 Å². The van der Waals surface area contributed by atoms with Crippen LogP contribution in [0.15, 0.2) is 53.4 Å². The van der Waals surface area contributed by atoms with Gasteiger partial charge in [-0.15, -0.1) is 0 Å². The van der Waals surface area contributed by atoms with Crippen LogP contribution in [-0.2, 0) is 14.8 Å². The number of nitrogens with one attached hydrogen (secondary N) is 1. The van der Waals surface area contributed by atoms with Crippen LogP contribution in [0.5, 0.6) is 0 Å². The number of hydrogen-bond donors (Lipinski definition) is 1. The number of carbonyl (C=O) groups excluding carboxylic acids is 1. The molecule has 1 aliphatic heterocycles. The molecule has 2 aromatic rings. The Bertz CT molecular complexity index is 1100. The molecule has 1 fully saturated rings. The van der Waals surface area contributed by atoms with Crippen molar-refractivity contribution in [2.45, 2.75) is 51.5 Å². The first kappa shape index (κ1) is 21.9. The average Bonchev–Trinajstić information content (AvgIpc) is 3.02. The van der Waals surface area contributed by atoms with E-state index >= 15 is 0 Å². The quantitative estimate of drug-likeness (QED) is 0.647. The van der Waals surface area contributed by atoms with E-state index in [1.54, 1.807) is 25.1 Å². The molecule has 0 aromatic heterocycles. The predicted molar refractivity (Wildman–Crippen MR) is 125 cm³/mol. The zero-order valence-electron chi connectivity index (χ0n) is 17.6. The molecule has 1 N–H and O–H groups in total. The fourth-order valence-electron chi connectivity index (χ4n) is 4.55. The van der Waals surface area contributed by atoms with Gasteiger partial charge in [-0.25, -0.2) is 8.42 Å². The lowest BCUT2D eigenvalue weighted by molar-refractivity contribution is -0.117. The van der Waals surface area contributed by atoms with Crippen LogP contribution in [-0.4, -0.2) is 26.9 Å². The highest BCUT2D eigenvalue weighted by atomic mass is 35.5. The summed E-state index contributed by atoms with van der Waals surface area (Å²) in [5.74, 6) is -0.533. The molecule has 1 saturated carbocycles. The van der Waals surface area contributed by atoms with Gasteiger partial charge in [0, 0.05) is 28.7 Å². The van der Waals surface area contributed by atoms with Crippen LogP contribution < -0.4 is 9.62 Å². The summed E-state index contributed by atoms with van der Waals surface area (Å²) in [6.45, 7) is 1.99. The Balaban J connectivity index is 1.92. The van der Waals surface area contributed by atoms with E-state index < -0.39 is 15.9 Å². The van der Waals surface area contributed by atoms with Gasteiger partial charge in [-0.1, -0.05) is 67.6 Å². The molecule has 2 aromatic carbocycles. The van der Waals surface area contributed by atoms with Crippen molar-refractivity contribution in [3.8, 4) is 0 Å². The lowest BCUT2D eigenvalue weighted by atomic mass is 9.95. The summed E-state index contributed by atoms with van der Waals surface area (Å²) in [4.78, 5) is 13.3. The number of rotatable bonds is 4. The Morgan fingerprint density at radius 1 is 1.06 bits per heavy atom. The average molecular weight is 459 g/mol. The molecule has 31 heavy (non-hydrogen) atoms. The maximum Gasteiger partial charge on any atom is 0.270 e. The zero-order chi connectivity index (χ0) is 22.0.